The van der Waals surface area contributed by atoms with Gasteiger partial charge < -0.3 is 24.1 Å². The van der Waals surface area contributed by atoms with Crippen LogP contribution in [-0.4, -0.2) is 63.0 Å². The van der Waals surface area contributed by atoms with E-state index in [1.165, 1.54) is 38.5 Å². The van der Waals surface area contributed by atoms with Crippen molar-refractivity contribution in [2.75, 3.05) is 46.0 Å². The predicted molar refractivity (Wildman–Crippen MR) is 110 cm³/mol. The maximum atomic E-state index is 5.90. The number of guanidine groups is 1. The van der Waals surface area contributed by atoms with Gasteiger partial charge in [-0.2, -0.15) is 0 Å². The standard InChI is InChI=1S/C22H35N3O3/c1-2-14-28-20(6-1)16-24-21(23-11-8-19-7-3-15-27-19)25-12-4-9-22(17-25)10-5-13-26-18-22/h3,7,15,20H,1-2,4-6,8-14,16-18H2,(H,23,24). The minimum atomic E-state index is 0.271. The van der Waals surface area contributed by atoms with Crippen molar-refractivity contribution < 1.29 is 13.9 Å². The number of piperidine rings is 1. The SMILES string of the molecule is c1coc(CCNC(=NCC2CCCCO2)N2CCCC3(CCCOC3)C2)c1. The van der Waals surface area contributed by atoms with Crippen LogP contribution in [0.25, 0.3) is 0 Å². The first-order chi connectivity index (χ1) is 13.8. The molecule has 1 aromatic heterocycles. The van der Waals surface area contributed by atoms with E-state index in [0.717, 1.165) is 70.6 Å². The van der Waals surface area contributed by atoms with Crippen molar-refractivity contribution in [3.63, 3.8) is 0 Å². The van der Waals surface area contributed by atoms with E-state index in [9.17, 15) is 0 Å². The molecule has 3 saturated heterocycles. The second-order valence-electron chi connectivity index (χ2n) is 8.59. The van der Waals surface area contributed by atoms with E-state index in [0.29, 0.717) is 5.41 Å². The summed E-state index contributed by atoms with van der Waals surface area (Å²) in [6.07, 6.45) is 11.4. The Hall–Kier alpha value is -1.53. The summed E-state index contributed by atoms with van der Waals surface area (Å²) in [6.45, 7) is 6.40. The van der Waals surface area contributed by atoms with E-state index in [1.807, 2.05) is 12.1 Å². The smallest absolute Gasteiger partial charge is 0.194 e. The number of nitrogens with one attached hydrogen (secondary N) is 1. The van der Waals surface area contributed by atoms with E-state index >= 15 is 0 Å². The Morgan fingerprint density at radius 3 is 2.96 bits per heavy atom. The third-order valence-corrected chi connectivity index (χ3v) is 6.32. The minimum Gasteiger partial charge on any atom is -0.469 e. The Labute approximate surface area is 168 Å². The van der Waals surface area contributed by atoms with Gasteiger partial charge in [0.2, 0.25) is 0 Å². The van der Waals surface area contributed by atoms with Crippen LogP contribution in [0.2, 0.25) is 0 Å². The van der Waals surface area contributed by atoms with Gasteiger partial charge in [0, 0.05) is 44.7 Å². The largest absolute Gasteiger partial charge is 0.469 e. The molecule has 4 heterocycles. The maximum Gasteiger partial charge on any atom is 0.194 e. The van der Waals surface area contributed by atoms with Gasteiger partial charge in [-0.3, -0.25) is 4.99 Å². The van der Waals surface area contributed by atoms with Crippen molar-refractivity contribution >= 4 is 5.96 Å². The number of hydrogen-bond acceptors (Lipinski definition) is 4. The van der Waals surface area contributed by atoms with Crippen LogP contribution in [0.5, 0.6) is 0 Å². The fourth-order valence-electron chi connectivity index (χ4n) is 4.78. The summed E-state index contributed by atoms with van der Waals surface area (Å²) in [6, 6.07) is 3.98. The molecule has 2 unspecified atom stereocenters. The molecule has 2 atom stereocenters. The van der Waals surface area contributed by atoms with Crippen LogP contribution >= 0.6 is 0 Å². The quantitative estimate of drug-likeness (QED) is 0.619. The average molecular weight is 390 g/mol. The summed E-state index contributed by atoms with van der Waals surface area (Å²) >= 11 is 0. The molecular weight excluding hydrogens is 354 g/mol. The van der Waals surface area contributed by atoms with Crippen LogP contribution in [0.3, 0.4) is 0 Å². The van der Waals surface area contributed by atoms with E-state index in [1.54, 1.807) is 6.26 Å². The summed E-state index contributed by atoms with van der Waals surface area (Å²) in [4.78, 5) is 7.46. The molecule has 1 spiro atoms. The van der Waals surface area contributed by atoms with Gasteiger partial charge in [0.05, 0.1) is 25.5 Å². The first kappa shape index (κ1) is 19.8. The van der Waals surface area contributed by atoms with Crippen LogP contribution in [0.4, 0.5) is 0 Å². The summed E-state index contributed by atoms with van der Waals surface area (Å²) in [5.74, 6) is 2.05. The second-order valence-corrected chi connectivity index (χ2v) is 8.59. The third kappa shape index (κ3) is 5.29. The zero-order valence-electron chi connectivity index (χ0n) is 17.0. The molecule has 6 nitrogen and oxygen atoms in total. The number of ether oxygens (including phenoxy) is 2. The molecule has 0 amide bonds. The predicted octanol–water partition coefficient (Wildman–Crippen LogP) is 3.23. The highest BCUT2D eigenvalue weighted by molar-refractivity contribution is 5.80. The molecule has 6 heteroatoms. The average Bonchev–Trinajstić information content (AvgIpc) is 3.25. The van der Waals surface area contributed by atoms with Gasteiger partial charge in [-0.05, 0) is 57.1 Å². The van der Waals surface area contributed by atoms with Crippen LogP contribution in [0.15, 0.2) is 27.8 Å². The molecular formula is C22H35N3O3. The Bertz CT molecular complexity index is 599. The Balaban J connectivity index is 1.39. The second kappa shape index (κ2) is 9.79. The molecule has 0 aliphatic carbocycles. The van der Waals surface area contributed by atoms with Crippen LogP contribution in [-0.2, 0) is 15.9 Å². The molecule has 156 valence electrons. The van der Waals surface area contributed by atoms with E-state index < -0.39 is 0 Å². The van der Waals surface area contributed by atoms with Gasteiger partial charge in [0.25, 0.3) is 0 Å². The molecule has 0 saturated carbocycles. The monoisotopic (exact) mass is 389 g/mol. The first-order valence-electron chi connectivity index (χ1n) is 11.1. The normalized spacial score (nSPS) is 29.2. The molecule has 3 aliphatic heterocycles. The Morgan fingerprint density at radius 1 is 1.21 bits per heavy atom. The molecule has 0 radical (unpaired) electrons. The van der Waals surface area contributed by atoms with Gasteiger partial charge >= 0.3 is 0 Å². The van der Waals surface area contributed by atoms with Gasteiger partial charge in [-0.15, -0.1) is 0 Å². The van der Waals surface area contributed by atoms with Crippen molar-refractivity contribution in [1.29, 1.82) is 0 Å². The van der Waals surface area contributed by atoms with Crippen molar-refractivity contribution in [1.82, 2.24) is 10.2 Å². The van der Waals surface area contributed by atoms with Crippen LogP contribution in [0.1, 0.15) is 50.7 Å². The number of nitrogens with zero attached hydrogens (tertiary/aromatic N) is 2. The van der Waals surface area contributed by atoms with Gasteiger partial charge in [0.1, 0.15) is 5.76 Å². The number of likely N-dealkylation sites (tertiary alicyclic amines) is 1. The first-order valence-corrected chi connectivity index (χ1v) is 11.1. The summed E-state index contributed by atoms with van der Waals surface area (Å²) in [5.41, 5.74) is 0.307. The highest BCUT2D eigenvalue weighted by Crippen LogP contribution is 2.37. The molecule has 0 bridgehead atoms. The lowest BCUT2D eigenvalue weighted by atomic mass is 9.76. The highest BCUT2D eigenvalue weighted by atomic mass is 16.5. The molecule has 1 aromatic rings. The van der Waals surface area contributed by atoms with Crippen LogP contribution < -0.4 is 5.32 Å². The molecule has 4 rings (SSSR count). The van der Waals surface area contributed by atoms with Crippen molar-refractivity contribution in [3.8, 4) is 0 Å². The van der Waals surface area contributed by atoms with Crippen LogP contribution in [0, 0.1) is 5.41 Å². The summed E-state index contributed by atoms with van der Waals surface area (Å²) in [5, 5.41) is 3.61. The fourth-order valence-corrected chi connectivity index (χ4v) is 4.78. The maximum absolute atomic E-state index is 5.90. The number of furan rings is 1. The highest BCUT2D eigenvalue weighted by Gasteiger charge is 2.38. The zero-order valence-corrected chi connectivity index (χ0v) is 17.0. The van der Waals surface area contributed by atoms with Gasteiger partial charge in [0.15, 0.2) is 5.96 Å². The lowest BCUT2D eigenvalue weighted by Crippen LogP contribution is -2.53. The zero-order chi connectivity index (χ0) is 19.1. The molecule has 28 heavy (non-hydrogen) atoms. The molecule has 3 fully saturated rings. The van der Waals surface area contributed by atoms with Crippen molar-refractivity contribution in [3.05, 3.63) is 24.2 Å². The summed E-state index contributed by atoms with van der Waals surface area (Å²) < 4.78 is 17.2. The molecule has 0 aromatic carbocycles. The number of rotatable bonds is 5. The summed E-state index contributed by atoms with van der Waals surface area (Å²) in [7, 11) is 0. The number of hydrogen-bond donors (Lipinski definition) is 1. The van der Waals surface area contributed by atoms with E-state index in [4.69, 9.17) is 18.9 Å². The Kier molecular flexibility index (Phi) is 6.91. The lowest BCUT2D eigenvalue weighted by Gasteiger charge is -2.45. The molecule has 1 N–H and O–H groups in total. The van der Waals surface area contributed by atoms with Gasteiger partial charge in [-0.1, -0.05) is 0 Å². The minimum absolute atomic E-state index is 0.271. The molecule has 3 aliphatic rings. The lowest BCUT2D eigenvalue weighted by molar-refractivity contribution is -0.0371. The van der Waals surface area contributed by atoms with E-state index in [-0.39, 0.29) is 6.10 Å². The third-order valence-electron chi connectivity index (χ3n) is 6.32. The Morgan fingerprint density at radius 2 is 2.18 bits per heavy atom. The van der Waals surface area contributed by atoms with Crippen molar-refractivity contribution in [2.24, 2.45) is 10.4 Å². The topological polar surface area (TPSA) is 59.2 Å². The fraction of sp³-hybridized carbons (Fsp3) is 0.773. The number of aliphatic imine (C=N–C) groups is 1. The van der Waals surface area contributed by atoms with Gasteiger partial charge in [-0.25, -0.2) is 0 Å². The van der Waals surface area contributed by atoms with Crippen molar-refractivity contribution in [2.45, 2.75) is 57.5 Å². The van der Waals surface area contributed by atoms with E-state index in [2.05, 4.69) is 10.2 Å².